The van der Waals surface area contributed by atoms with Crippen molar-refractivity contribution < 1.29 is 14.6 Å². The fourth-order valence-corrected chi connectivity index (χ4v) is 3.98. The summed E-state index contributed by atoms with van der Waals surface area (Å²) in [5, 5.41) is 13.5. The molecule has 1 fully saturated rings. The number of hydrogen-bond donors (Lipinski definition) is 2. The van der Waals surface area contributed by atoms with E-state index in [1.807, 2.05) is 43.3 Å². The van der Waals surface area contributed by atoms with E-state index in [9.17, 15) is 9.90 Å². The second-order valence-corrected chi connectivity index (χ2v) is 7.44. The molecular formula is C21H22ClN3O3. The molecule has 2 heterocycles. The summed E-state index contributed by atoms with van der Waals surface area (Å²) in [6, 6.07) is 13.0. The molecule has 2 aromatic carbocycles. The van der Waals surface area contributed by atoms with Crippen molar-refractivity contribution in [3.8, 4) is 11.5 Å². The lowest BCUT2D eigenvalue weighted by Gasteiger charge is -2.38. The predicted octanol–water partition coefficient (Wildman–Crippen LogP) is 3.91. The normalized spacial score (nSPS) is 19.6. The minimum Gasteiger partial charge on any atom is -0.481 e. The number of aliphatic imine (C=N–C) groups is 1. The van der Waals surface area contributed by atoms with Gasteiger partial charge in [-0.3, -0.25) is 4.79 Å². The number of aliphatic carboxylic acids is 1. The van der Waals surface area contributed by atoms with Crippen LogP contribution in [0.5, 0.6) is 11.5 Å². The number of para-hydroxylation sites is 2. The number of nitrogens with one attached hydrogen (secondary N) is 1. The number of carbonyl (C=O) groups is 1. The summed E-state index contributed by atoms with van der Waals surface area (Å²) in [4.78, 5) is 18.7. The minimum atomic E-state index is -0.776. The Hall–Kier alpha value is -2.57. The smallest absolute Gasteiger partial charge is 0.308 e. The van der Waals surface area contributed by atoms with E-state index < -0.39 is 11.9 Å². The molecule has 0 amide bonds. The largest absolute Gasteiger partial charge is 0.481 e. The second kappa shape index (κ2) is 7.81. The maximum absolute atomic E-state index is 11.6. The molecule has 0 radical (unpaired) electrons. The molecule has 0 bridgehead atoms. The lowest BCUT2D eigenvalue weighted by molar-refractivity contribution is -0.143. The molecule has 2 atom stereocenters. The molecule has 146 valence electrons. The maximum atomic E-state index is 11.6. The standard InChI is InChI=1S/C21H22ClN3O3/c1-2-14(21(26)27)17-12-25(10-9-23-17)20-15-11-13(22)7-8-18(15)28-19-6-4-3-5-16(19)24-20/h3-8,11,14,17,23H,2,9-10,12H2,1H3,(H,26,27)/t14-,17?/m1/s1. The van der Waals surface area contributed by atoms with Crippen molar-refractivity contribution in [2.24, 2.45) is 10.9 Å². The number of piperazine rings is 1. The van der Waals surface area contributed by atoms with Gasteiger partial charge in [0.1, 0.15) is 17.3 Å². The summed E-state index contributed by atoms with van der Waals surface area (Å²) < 4.78 is 6.10. The van der Waals surface area contributed by atoms with Crippen molar-refractivity contribution in [2.45, 2.75) is 19.4 Å². The van der Waals surface area contributed by atoms with Crippen LogP contribution in [-0.2, 0) is 4.79 Å². The van der Waals surface area contributed by atoms with E-state index in [-0.39, 0.29) is 6.04 Å². The zero-order valence-electron chi connectivity index (χ0n) is 15.6. The van der Waals surface area contributed by atoms with Gasteiger partial charge in [0, 0.05) is 30.7 Å². The van der Waals surface area contributed by atoms with Crippen molar-refractivity contribution >= 4 is 29.1 Å². The molecule has 4 rings (SSSR count). The highest BCUT2D eigenvalue weighted by Crippen LogP contribution is 2.39. The number of ether oxygens (including phenoxy) is 1. The van der Waals surface area contributed by atoms with E-state index in [1.165, 1.54) is 0 Å². The fraction of sp³-hybridized carbons (Fsp3) is 0.333. The van der Waals surface area contributed by atoms with Crippen molar-refractivity contribution in [3.05, 3.63) is 53.1 Å². The molecule has 28 heavy (non-hydrogen) atoms. The number of carboxylic acid groups (broad SMARTS) is 1. The van der Waals surface area contributed by atoms with Gasteiger partial charge in [-0.1, -0.05) is 30.7 Å². The lowest BCUT2D eigenvalue weighted by Crippen LogP contribution is -2.56. The first-order chi connectivity index (χ1) is 13.6. The molecule has 0 aromatic heterocycles. The van der Waals surface area contributed by atoms with Gasteiger partial charge in [0.2, 0.25) is 0 Å². The van der Waals surface area contributed by atoms with Crippen molar-refractivity contribution in [1.29, 1.82) is 0 Å². The summed E-state index contributed by atoms with van der Waals surface area (Å²) >= 11 is 6.27. The van der Waals surface area contributed by atoms with Crippen LogP contribution in [0.4, 0.5) is 5.69 Å². The van der Waals surface area contributed by atoms with Crippen LogP contribution in [-0.4, -0.2) is 47.5 Å². The van der Waals surface area contributed by atoms with E-state index in [4.69, 9.17) is 21.3 Å². The SMILES string of the molecule is CC[C@@H](C(=O)O)C1CN(C2=Nc3ccccc3Oc3ccc(Cl)cc32)CCN1. The third kappa shape index (κ3) is 3.57. The van der Waals surface area contributed by atoms with E-state index in [0.717, 1.165) is 23.6 Å². The van der Waals surface area contributed by atoms with Gasteiger partial charge in [-0.05, 0) is 36.8 Å². The number of carboxylic acids is 1. The Morgan fingerprint density at radius 3 is 2.96 bits per heavy atom. The van der Waals surface area contributed by atoms with Crippen LogP contribution in [0.1, 0.15) is 18.9 Å². The molecule has 1 unspecified atom stereocenters. The topological polar surface area (TPSA) is 74.2 Å². The molecular weight excluding hydrogens is 378 g/mol. The highest BCUT2D eigenvalue weighted by atomic mass is 35.5. The van der Waals surface area contributed by atoms with Crippen LogP contribution in [0.2, 0.25) is 5.02 Å². The van der Waals surface area contributed by atoms with Crippen LogP contribution in [0.25, 0.3) is 0 Å². The van der Waals surface area contributed by atoms with E-state index >= 15 is 0 Å². The number of benzene rings is 2. The quantitative estimate of drug-likeness (QED) is 0.818. The molecule has 2 aliphatic rings. The number of nitrogens with zero attached hydrogens (tertiary/aromatic N) is 2. The third-order valence-corrected chi connectivity index (χ3v) is 5.48. The fourth-order valence-electron chi connectivity index (χ4n) is 3.81. The first-order valence-corrected chi connectivity index (χ1v) is 9.81. The second-order valence-electron chi connectivity index (χ2n) is 7.01. The molecule has 0 spiro atoms. The van der Waals surface area contributed by atoms with Crippen LogP contribution in [0.15, 0.2) is 47.5 Å². The summed E-state index contributed by atoms with van der Waals surface area (Å²) in [5.41, 5.74) is 1.55. The van der Waals surface area contributed by atoms with Crippen LogP contribution in [0, 0.1) is 5.92 Å². The molecule has 2 aliphatic heterocycles. The highest BCUT2D eigenvalue weighted by molar-refractivity contribution is 6.31. The number of halogens is 1. The Morgan fingerprint density at radius 2 is 2.18 bits per heavy atom. The average Bonchev–Trinajstić information content (AvgIpc) is 2.85. The lowest BCUT2D eigenvalue weighted by atomic mass is 9.94. The third-order valence-electron chi connectivity index (χ3n) is 5.24. The number of fused-ring (bicyclic) bond motifs is 2. The van der Waals surface area contributed by atoms with Gasteiger partial charge >= 0.3 is 5.97 Å². The molecule has 6 nitrogen and oxygen atoms in total. The Morgan fingerprint density at radius 1 is 1.36 bits per heavy atom. The average molecular weight is 400 g/mol. The molecule has 2 aromatic rings. The molecule has 2 N–H and O–H groups in total. The van der Waals surface area contributed by atoms with E-state index in [2.05, 4.69) is 10.2 Å². The van der Waals surface area contributed by atoms with Crippen LogP contribution >= 0.6 is 11.6 Å². The number of hydrogen-bond acceptors (Lipinski definition) is 5. The summed E-state index contributed by atoms with van der Waals surface area (Å²) in [6.07, 6.45) is 0.571. The van der Waals surface area contributed by atoms with Gasteiger partial charge < -0.3 is 20.1 Å². The Balaban J connectivity index is 1.75. The zero-order chi connectivity index (χ0) is 19.7. The Kier molecular flexibility index (Phi) is 5.24. The summed E-state index contributed by atoms with van der Waals surface area (Å²) in [5.74, 6) is 0.908. The zero-order valence-corrected chi connectivity index (χ0v) is 16.3. The van der Waals surface area contributed by atoms with Crippen molar-refractivity contribution in [1.82, 2.24) is 10.2 Å². The van der Waals surface area contributed by atoms with Crippen molar-refractivity contribution in [3.63, 3.8) is 0 Å². The van der Waals surface area contributed by atoms with Gasteiger partial charge in [-0.15, -0.1) is 0 Å². The molecule has 0 aliphatic carbocycles. The minimum absolute atomic E-state index is 0.152. The number of rotatable bonds is 3. The number of amidine groups is 1. The van der Waals surface area contributed by atoms with Crippen LogP contribution in [0.3, 0.4) is 0 Å². The van der Waals surface area contributed by atoms with Gasteiger partial charge in [0.15, 0.2) is 5.75 Å². The monoisotopic (exact) mass is 399 g/mol. The summed E-state index contributed by atoms with van der Waals surface area (Å²) in [7, 11) is 0. The molecule has 1 saturated heterocycles. The molecule has 0 saturated carbocycles. The Labute approximate surface area is 168 Å². The first kappa shape index (κ1) is 18.8. The Bertz CT molecular complexity index is 931. The van der Waals surface area contributed by atoms with E-state index in [0.29, 0.717) is 36.0 Å². The van der Waals surface area contributed by atoms with E-state index in [1.54, 1.807) is 6.07 Å². The molecule has 7 heteroatoms. The first-order valence-electron chi connectivity index (χ1n) is 9.43. The van der Waals surface area contributed by atoms with Gasteiger partial charge in [-0.2, -0.15) is 0 Å². The van der Waals surface area contributed by atoms with Gasteiger partial charge in [0.25, 0.3) is 0 Å². The van der Waals surface area contributed by atoms with Crippen LogP contribution < -0.4 is 10.1 Å². The van der Waals surface area contributed by atoms with Crippen molar-refractivity contribution in [2.75, 3.05) is 19.6 Å². The summed E-state index contributed by atoms with van der Waals surface area (Å²) in [6.45, 7) is 3.87. The maximum Gasteiger partial charge on any atom is 0.308 e. The predicted molar refractivity (Wildman–Crippen MR) is 109 cm³/mol. The highest BCUT2D eigenvalue weighted by Gasteiger charge is 2.33. The van der Waals surface area contributed by atoms with Gasteiger partial charge in [-0.25, -0.2) is 4.99 Å². The van der Waals surface area contributed by atoms with Gasteiger partial charge in [0.05, 0.1) is 11.5 Å².